The zero-order valence-electron chi connectivity index (χ0n) is 41.6. The topological polar surface area (TPSA) is 173 Å². The van der Waals surface area contributed by atoms with Crippen LogP contribution in [-0.2, 0) is 40.7 Å². The highest BCUT2D eigenvalue weighted by Crippen LogP contribution is 2.46. The van der Waals surface area contributed by atoms with Gasteiger partial charge in [0.1, 0.15) is 40.0 Å². The highest BCUT2D eigenvalue weighted by Gasteiger charge is 2.54. The summed E-state index contributed by atoms with van der Waals surface area (Å²) in [5.41, 5.74) is 3.19. The number of carbonyl (C=O) groups excluding carboxylic acids is 4. The number of hydrogen-bond donors (Lipinski definition) is 3. The minimum atomic E-state index is -1.06. The Kier molecular flexibility index (Phi) is 16.1. The fraction of sp³-hybridized carbons (Fsp3) is 0.224. The fourth-order valence-corrected chi connectivity index (χ4v) is 11.5. The summed E-state index contributed by atoms with van der Waals surface area (Å²) in [6.07, 6.45) is 1.39. The van der Waals surface area contributed by atoms with Crippen molar-refractivity contribution in [2.75, 3.05) is 19.0 Å². The van der Waals surface area contributed by atoms with E-state index in [1.54, 1.807) is 33.0 Å². The van der Waals surface area contributed by atoms with E-state index in [1.807, 2.05) is 158 Å². The predicted octanol–water partition coefficient (Wildman–Crippen LogP) is 10.8. The van der Waals surface area contributed by atoms with Gasteiger partial charge in [-0.3, -0.25) is 19.5 Å². The first-order valence-corrected chi connectivity index (χ1v) is 26.3. The van der Waals surface area contributed by atoms with Crippen LogP contribution in [0.1, 0.15) is 78.9 Å². The number of oxime groups is 1. The third kappa shape index (κ3) is 11.6. The number of carbonyl (C=O) groups is 4. The van der Waals surface area contributed by atoms with Gasteiger partial charge in [0.15, 0.2) is 16.9 Å². The van der Waals surface area contributed by atoms with Crippen LogP contribution in [-0.4, -0.2) is 75.8 Å². The van der Waals surface area contributed by atoms with E-state index < -0.39 is 53.2 Å². The molecule has 382 valence electrons. The summed E-state index contributed by atoms with van der Waals surface area (Å²) in [6, 6.07) is 50.7. The number of rotatable bonds is 18. The normalized spacial score (nSPS) is 15.6. The van der Waals surface area contributed by atoms with E-state index in [-0.39, 0.29) is 28.0 Å². The molecular weight excluding hydrogens is 1010 g/mol. The zero-order chi connectivity index (χ0) is 52.5. The molecule has 0 spiro atoms. The van der Waals surface area contributed by atoms with Gasteiger partial charge in [0.2, 0.25) is 0 Å². The number of nitrogens with zero attached hydrogens (tertiary/aromatic N) is 4. The summed E-state index contributed by atoms with van der Waals surface area (Å²) in [5, 5.41) is 13.9. The number of halogens is 1. The Morgan fingerprint density at radius 3 is 1.92 bits per heavy atom. The molecule has 7 aromatic rings. The van der Waals surface area contributed by atoms with Gasteiger partial charge in [-0.05, 0) is 73.6 Å². The number of amides is 3. The highest BCUT2D eigenvalue weighted by molar-refractivity contribution is 8.03. The van der Waals surface area contributed by atoms with Crippen LogP contribution in [0, 0.1) is 0 Å². The number of nitrogens with one attached hydrogen (secondary N) is 3. The second kappa shape index (κ2) is 23.2. The summed E-state index contributed by atoms with van der Waals surface area (Å²) in [6.45, 7) is 5.62. The van der Waals surface area contributed by atoms with Crippen molar-refractivity contribution in [2.24, 2.45) is 5.16 Å². The Morgan fingerprint density at radius 1 is 0.813 bits per heavy atom. The highest BCUT2D eigenvalue weighted by atomic mass is 35.5. The molecule has 2 aliphatic heterocycles. The number of thioether (sulfide) groups is 1. The van der Waals surface area contributed by atoms with Gasteiger partial charge in [0.25, 0.3) is 11.8 Å². The average Bonchev–Trinajstić information content (AvgIpc) is 3.84. The Bertz CT molecular complexity index is 3080. The van der Waals surface area contributed by atoms with Crippen molar-refractivity contribution in [1.82, 2.24) is 25.5 Å². The van der Waals surface area contributed by atoms with Crippen LogP contribution in [0.25, 0.3) is 0 Å². The molecular formula is C58H54ClN7O7S2. The van der Waals surface area contributed by atoms with E-state index in [0.717, 1.165) is 44.0 Å². The molecule has 75 heavy (non-hydrogen) atoms. The van der Waals surface area contributed by atoms with Crippen molar-refractivity contribution in [2.45, 2.75) is 74.3 Å². The molecule has 0 bridgehead atoms. The molecule has 2 aromatic heterocycles. The monoisotopic (exact) mass is 1060 g/mol. The van der Waals surface area contributed by atoms with Crippen molar-refractivity contribution in [3.8, 4) is 0 Å². The van der Waals surface area contributed by atoms with E-state index in [4.69, 9.17) is 30.9 Å². The molecule has 5 aromatic carbocycles. The SMILES string of the molecule is CO/N=C(\C(=O)NC1C(=O)N2C(C(=O)OC(c3ccccc3)c3ccccc3)=C(Sc3cccnc3CCNC(=O)OC(C)(C)C)CCC12)c1nc(NC(c2ccccc2)(c2ccccc2)c2ccccc2)sc1Cl. The molecule has 0 radical (unpaired) electrons. The van der Waals surface area contributed by atoms with Crippen LogP contribution in [0.3, 0.4) is 0 Å². The number of benzene rings is 5. The number of allylic oxidation sites excluding steroid dienone is 1. The number of pyridine rings is 1. The number of thiazole rings is 1. The molecule has 17 heteroatoms. The van der Waals surface area contributed by atoms with E-state index in [9.17, 15) is 19.2 Å². The smallest absolute Gasteiger partial charge is 0.407 e. The number of ether oxygens (including phenoxy) is 2. The van der Waals surface area contributed by atoms with Crippen LogP contribution in [0.15, 0.2) is 191 Å². The molecule has 9 rings (SSSR count). The first-order valence-electron chi connectivity index (χ1n) is 24.3. The lowest BCUT2D eigenvalue weighted by Crippen LogP contribution is -2.72. The maximum Gasteiger partial charge on any atom is 0.407 e. The Hall–Kier alpha value is -7.79. The van der Waals surface area contributed by atoms with Crippen molar-refractivity contribution < 1.29 is 33.5 Å². The Balaban J connectivity index is 1.00. The maximum absolute atomic E-state index is 14.9. The number of fused-ring (bicyclic) bond motifs is 1. The van der Waals surface area contributed by atoms with Crippen LogP contribution in [0.5, 0.6) is 0 Å². The van der Waals surface area contributed by atoms with Gasteiger partial charge < -0.3 is 30.3 Å². The third-order valence-corrected chi connectivity index (χ3v) is 14.9. The minimum Gasteiger partial charge on any atom is -0.448 e. The van der Waals surface area contributed by atoms with Gasteiger partial charge in [-0.2, -0.15) is 0 Å². The molecule has 14 nitrogen and oxygen atoms in total. The van der Waals surface area contributed by atoms with Crippen LogP contribution >= 0.6 is 34.7 Å². The Morgan fingerprint density at radius 2 is 1.37 bits per heavy atom. The number of anilines is 1. The van der Waals surface area contributed by atoms with Gasteiger partial charge in [-0.25, -0.2) is 14.6 Å². The number of alkyl carbamates (subject to hydrolysis) is 1. The maximum atomic E-state index is 14.9. The van der Waals surface area contributed by atoms with Crippen molar-refractivity contribution in [3.05, 3.63) is 224 Å². The first-order chi connectivity index (χ1) is 36.3. The van der Waals surface area contributed by atoms with E-state index in [1.165, 1.54) is 23.8 Å². The molecule has 2 aliphatic rings. The van der Waals surface area contributed by atoms with E-state index in [2.05, 4.69) is 26.1 Å². The third-order valence-electron chi connectivity index (χ3n) is 12.5. The molecule has 3 N–H and O–H groups in total. The number of β-lactam (4-membered cyclic amide) rings is 1. The summed E-state index contributed by atoms with van der Waals surface area (Å²) in [4.78, 5) is 74.1. The molecule has 0 aliphatic carbocycles. The molecule has 4 heterocycles. The quantitative estimate of drug-likeness (QED) is 0.0245. The largest absolute Gasteiger partial charge is 0.448 e. The second-order valence-electron chi connectivity index (χ2n) is 18.6. The van der Waals surface area contributed by atoms with Gasteiger partial charge in [-0.1, -0.05) is 192 Å². The second-order valence-corrected chi connectivity index (χ2v) is 21.3. The lowest BCUT2D eigenvalue weighted by Gasteiger charge is -2.50. The van der Waals surface area contributed by atoms with Crippen LogP contribution in [0.4, 0.5) is 9.93 Å². The fourth-order valence-electron chi connectivity index (χ4n) is 9.23. The number of aromatic nitrogens is 2. The molecule has 2 atom stereocenters. The number of hydrogen-bond acceptors (Lipinski definition) is 13. The molecule has 1 fully saturated rings. The predicted molar refractivity (Wildman–Crippen MR) is 291 cm³/mol. The molecule has 1 saturated heterocycles. The summed E-state index contributed by atoms with van der Waals surface area (Å²) in [7, 11) is 1.31. The lowest BCUT2D eigenvalue weighted by molar-refractivity contribution is -0.158. The summed E-state index contributed by atoms with van der Waals surface area (Å²) < 4.78 is 12.0. The van der Waals surface area contributed by atoms with E-state index in [0.29, 0.717) is 35.0 Å². The van der Waals surface area contributed by atoms with Gasteiger partial charge in [0.05, 0.1) is 11.7 Å². The van der Waals surface area contributed by atoms with Gasteiger partial charge >= 0.3 is 12.1 Å². The Labute approximate surface area is 448 Å². The standard InChI is InChI=1S/C58H54ClN7O7S2/c1-57(2,3)73-56(70)61-36-34-42-44(31-20-35-60-42)74-45-33-32-43-46(53(68)66(43)49(45)54(69)72-50(37-21-10-5-11-22-37)38-23-12-6-13-24-38)62-52(67)48(65-71-4)47-51(59)75-55(63-47)64-58(39-25-14-7-15-26-39,40-27-16-8-17-28-40)41-29-18-9-19-30-41/h5-31,35,43,46,50H,32-34,36H2,1-4H3,(H,61,70)(H,62,67)(H,63,64)/b65-48-. The molecule has 3 amide bonds. The average molecular weight is 1060 g/mol. The summed E-state index contributed by atoms with van der Waals surface area (Å²) in [5.74, 6) is -2.00. The molecule has 0 saturated carbocycles. The van der Waals surface area contributed by atoms with Crippen LogP contribution in [0.2, 0.25) is 4.34 Å². The van der Waals surface area contributed by atoms with Gasteiger partial charge in [0, 0.05) is 29.0 Å². The molecule has 2 unspecified atom stereocenters. The number of esters is 1. The summed E-state index contributed by atoms with van der Waals surface area (Å²) >= 11 is 9.43. The minimum absolute atomic E-state index is 0.0446. The lowest BCUT2D eigenvalue weighted by atomic mass is 9.77. The van der Waals surface area contributed by atoms with Crippen molar-refractivity contribution >= 4 is 69.4 Å². The van der Waals surface area contributed by atoms with Gasteiger partial charge in [-0.15, -0.1) is 0 Å². The van der Waals surface area contributed by atoms with Crippen molar-refractivity contribution in [1.29, 1.82) is 0 Å². The van der Waals surface area contributed by atoms with E-state index >= 15 is 0 Å². The first kappa shape index (κ1) is 52.1. The van der Waals surface area contributed by atoms with Crippen LogP contribution < -0.4 is 16.0 Å². The van der Waals surface area contributed by atoms with Crippen molar-refractivity contribution in [3.63, 3.8) is 0 Å². The zero-order valence-corrected chi connectivity index (χ0v) is 44.0.